The molecule has 0 aliphatic heterocycles. The molecular formula is C13H12N2O2. The molecule has 0 N–H and O–H groups in total. The molecule has 86 valence electrons. The first kappa shape index (κ1) is 11.2. The van der Waals surface area contributed by atoms with Crippen LogP contribution >= 0.6 is 0 Å². The average molecular weight is 228 g/mol. The molecule has 0 radical (unpaired) electrons. The van der Waals surface area contributed by atoms with Crippen molar-refractivity contribution < 1.29 is 9.47 Å². The van der Waals surface area contributed by atoms with Gasteiger partial charge in [-0.15, -0.1) is 0 Å². The van der Waals surface area contributed by atoms with Crippen LogP contribution in [0, 0.1) is 11.3 Å². The van der Waals surface area contributed by atoms with Gasteiger partial charge < -0.3 is 9.47 Å². The van der Waals surface area contributed by atoms with Crippen molar-refractivity contribution >= 4 is 10.9 Å². The number of nitriles is 1. The molecule has 0 amide bonds. The van der Waals surface area contributed by atoms with Crippen molar-refractivity contribution in [3.63, 3.8) is 0 Å². The highest BCUT2D eigenvalue weighted by atomic mass is 16.5. The molecule has 0 atom stereocenters. The third kappa shape index (κ3) is 2.13. The summed E-state index contributed by atoms with van der Waals surface area (Å²) in [5.41, 5.74) is 1.49. The Morgan fingerprint density at radius 3 is 2.71 bits per heavy atom. The molecule has 4 heteroatoms. The third-order valence-electron chi connectivity index (χ3n) is 2.50. The van der Waals surface area contributed by atoms with Crippen molar-refractivity contribution in [3.05, 3.63) is 30.0 Å². The molecule has 0 bridgehead atoms. The standard InChI is InChI=1S/C13H12N2O2/c1-16-11-7-9-3-4-10(5-6-14)15-13(9)12(8-11)17-2/h3-4,7-8H,5H2,1-2H3. The van der Waals surface area contributed by atoms with Crippen LogP contribution in [0.25, 0.3) is 10.9 Å². The molecule has 0 aliphatic rings. The van der Waals surface area contributed by atoms with E-state index >= 15 is 0 Å². The van der Waals surface area contributed by atoms with E-state index in [-0.39, 0.29) is 0 Å². The first-order valence-corrected chi connectivity index (χ1v) is 5.17. The highest BCUT2D eigenvalue weighted by Crippen LogP contribution is 2.29. The maximum atomic E-state index is 8.66. The van der Waals surface area contributed by atoms with Crippen molar-refractivity contribution in [3.8, 4) is 17.6 Å². The van der Waals surface area contributed by atoms with Gasteiger partial charge in [-0.1, -0.05) is 6.07 Å². The highest BCUT2D eigenvalue weighted by molar-refractivity contribution is 5.86. The normalized spacial score (nSPS) is 9.94. The summed E-state index contributed by atoms with van der Waals surface area (Å²) in [6.07, 6.45) is 0.297. The number of nitrogens with zero attached hydrogens (tertiary/aromatic N) is 2. The Morgan fingerprint density at radius 1 is 1.24 bits per heavy atom. The molecule has 17 heavy (non-hydrogen) atoms. The second-order valence-electron chi connectivity index (χ2n) is 3.54. The largest absolute Gasteiger partial charge is 0.497 e. The van der Waals surface area contributed by atoms with Crippen molar-refractivity contribution in [1.29, 1.82) is 5.26 Å². The van der Waals surface area contributed by atoms with Crippen molar-refractivity contribution in [1.82, 2.24) is 4.98 Å². The molecule has 1 heterocycles. The summed E-state index contributed by atoms with van der Waals surface area (Å²) in [5, 5.41) is 9.59. The van der Waals surface area contributed by atoms with Gasteiger partial charge in [0.1, 0.15) is 17.0 Å². The fourth-order valence-electron chi connectivity index (χ4n) is 1.67. The molecule has 1 aromatic heterocycles. The molecule has 0 saturated carbocycles. The summed E-state index contributed by atoms with van der Waals surface area (Å²) in [6.45, 7) is 0. The van der Waals surface area contributed by atoms with E-state index in [2.05, 4.69) is 11.1 Å². The topological polar surface area (TPSA) is 55.1 Å². The molecule has 0 fully saturated rings. The lowest BCUT2D eigenvalue weighted by Crippen LogP contribution is -1.93. The van der Waals surface area contributed by atoms with Gasteiger partial charge >= 0.3 is 0 Å². The number of fused-ring (bicyclic) bond motifs is 1. The van der Waals surface area contributed by atoms with E-state index in [0.717, 1.165) is 22.3 Å². The fraction of sp³-hybridized carbons (Fsp3) is 0.231. The van der Waals surface area contributed by atoms with Crippen LogP contribution in [0.4, 0.5) is 0 Å². The fourth-order valence-corrected chi connectivity index (χ4v) is 1.67. The first-order chi connectivity index (χ1) is 8.28. The number of hydrogen-bond acceptors (Lipinski definition) is 4. The lowest BCUT2D eigenvalue weighted by Gasteiger charge is -2.08. The van der Waals surface area contributed by atoms with E-state index in [1.54, 1.807) is 20.3 Å². The van der Waals surface area contributed by atoms with E-state index in [4.69, 9.17) is 14.7 Å². The molecule has 0 unspecified atom stereocenters. The average Bonchev–Trinajstić information content (AvgIpc) is 2.37. The van der Waals surface area contributed by atoms with Gasteiger partial charge in [0, 0.05) is 11.5 Å². The Labute approximate surface area is 99.4 Å². The van der Waals surface area contributed by atoms with Crippen LogP contribution in [0.15, 0.2) is 24.3 Å². The van der Waals surface area contributed by atoms with Crippen molar-refractivity contribution in [2.75, 3.05) is 14.2 Å². The second kappa shape index (κ2) is 4.71. The predicted octanol–water partition coefficient (Wildman–Crippen LogP) is 2.32. The molecule has 0 spiro atoms. The minimum Gasteiger partial charge on any atom is -0.497 e. The van der Waals surface area contributed by atoms with Crippen LogP contribution in [0.1, 0.15) is 5.69 Å². The Kier molecular flexibility index (Phi) is 3.10. The van der Waals surface area contributed by atoms with Gasteiger partial charge in [0.2, 0.25) is 0 Å². The minimum atomic E-state index is 0.297. The zero-order valence-electron chi connectivity index (χ0n) is 9.73. The Bertz CT molecular complexity index is 588. The lowest BCUT2D eigenvalue weighted by atomic mass is 10.1. The van der Waals surface area contributed by atoms with Gasteiger partial charge in [0.15, 0.2) is 0 Å². The number of ether oxygens (including phenoxy) is 2. The minimum absolute atomic E-state index is 0.297. The van der Waals surface area contributed by atoms with E-state index < -0.39 is 0 Å². The van der Waals surface area contributed by atoms with Crippen LogP contribution in [0.2, 0.25) is 0 Å². The number of aromatic nitrogens is 1. The van der Waals surface area contributed by atoms with Gasteiger partial charge in [0.05, 0.1) is 32.4 Å². The lowest BCUT2D eigenvalue weighted by molar-refractivity contribution is 0.397. The van der Waals surface area contributed by atoms with Crippen LogP contribution < -0.4 is 9.47 Å². The first-order valence-electron chi connectivity index (χ1n) is 5.17. The molecule has 0 saturated heterocycles. The molecule has 2 rings (SSSR count). The summed E-state index contributed by atoms with van der Waals surface area (Å²) < 4.78 is 10.5. The van der Waals surface area contributed by atoms with E-state index in [1.165, 1.54) is 0 Å². The Balaban J connectivity index is 2.64. The Morgan fingerprint density at radius 2 is 2.06 bits per heavy atom. The number of benzene rings is 1. The van der Waals surface area contributed by atoms with Crippen LogP contribution in [0.3, 0.4) is 0 Å². The molecule has 4 nitrogen and oxygen atoms in total. The predicted molar refractivity (Wildman–Crippen MR) is 64.2 cm³/mol. The summed E-state index contributed by atoms with van der Waals surface area (Å²) in [4.78, 5) is 4.41. The number of hydrogen-bond donors (Lipinski definition) is 0. The third-order valence-corrected chi connectivity index (χ3v) is 2.50. The number of methoxy groups -OCH3 is 2. The van der Waals surface area contributed by atoms with Gasteiger partial charge in [-0.2, -0.15) is 5.26 Å². The maximum Gasteiger partial charge on any atom is 0.148 e. The molecule has 0 aliphatic carbocycles. The zero-order chi connectivity index (χ0) is 12.3. The summed E-state index contributed by atoms with van der Waals surface area (Å²) in [5.74, 6) is 1.38. The molecular weight excluding hydrogens is 216 g/mol. The van der Waals surface area contributed by atoms with E-state index in [1.807, 2.05) is 18.2 Å². The quantitative estimate of drug-likeness (QED) is 0.809. The van der Waals surface area contributed by atoms with E-state index in [0.29, 0.717) is 12.2 Å². The van der Waals surface area contributed by atoms with Gasteiger partial charge in [-0.25, -0.2) is 4.98 Å². The van der Waals surface area contributed by atoms with E-state index in [9.17, 15) is 0 Å². The van der Waals surface area contributed by atoms with Gasteiger partial charge in [-0.3, -0.25) is 0 Å². The van der Waals surface area contributed by atoms with Crippen LogP contribution in [0.5, 0.6) is 11.5 Å². The Hall–Kier alpha value is -2.28. The number of pyridine rings is 1. The maximum absolute atomic E-state index is 8.66. The van der Waals surface area contributed by atoms with Crippen molar-refractivity contribution in [2.45, 2.75) is 6.42 Å². The molecule has 1 aromatic carbocycles. The van der Waals surface area contributed by atoms with Gasteiger partial charge in [0.25, 0.3) is 0 Å². The summed E-state index contributed by atoms with van der Waals surface area (Å²) in [7, 11) is 3.20. The molecule has 2 aromatic rings. The zero-order valence-corrected chi connectivity index (χ0v) is 9.73. The monoisotopic (exact) mass is 228 g/mol. The van der Waals surface area contributed by atoms with Crippen LogP contribution in [-0.4, -0.2) is 19.2 Å². The number of rotatable bonds is 3. The second-order valence-corrected chi connectivity index (χ2v) is 3.54. The van der Waals surface area contributed by atoms with Crippen LogP contribution in [-0.2, 0) is 6.42 Å². The summed E-state index contributed by atoms with van der Waals surface area (Å²) >= 11 is 0. The van der Waals surface area contributed by atoms with Crippen molar-refractivity contribution in [2.24, 2.45) is 0 Å². The highest BCUT2D eigenvalue weighted by Gasteiger charge is 2.07. The van der Waals surface area contributed by atoms with Gasteiger partial charge in [-0.05, 0) is 12.1 Å². The smallest absolute Gasteiger partial charge is 0.148 e. The SMILES string of the molecule is COc1cc(OC)c2nc(CC#N)ccc2c1. The summed E-state index contributed by atoms with van der Waals surface area (Å²) in [6, 6.07) is 9.51.